The molecule has 3 nitrogen and oxygen atoms in total. The van der Waals surface area contributed by atoms with E-state index < -0.39 is 0 Å². The normalized spacial score (nSPS) is 19.5. The van der Waals surface area contributed by atoms with Gasteiger partial charge in [0.2, 0.25) is 0 Å². The van der Waals surface area contributed by atoms with Crippen LogP contribution in [0.2, 0.25) is 0 Å². The SMILES string of the molecule is CC(=N)N1CCC(CN(C)C)CC1. The molecule has 0 atom stereocenters. The second-order valence-corrected chi connectivity index (χ2v) is 4.28. The van der Waals surface area contributed by atoms with Gasteiger partial charge in [-0.05, 0) is 39.8 Å². The summed E-state index contributed by atoms with van der Waals surface area (Å²) in [6, 6.07) is 0. The molecule has 0 aromatic heterocycles. The highest BCUT2D eigenvalue weighted by molar-refractivity contribution is 5.76. The molecule has 1 saturated heterocycles. The average Bonchev–Trinajstić information content (AvgIpc) is 2.04. The van der Waals surface area contributed by atoms with Crippen molar-refractivity contribution in [3.8, 4) is 0 Å². The maximum atomic E-state index is 7.51. The third kappa shape index (κ3) is 3.35. The van der Waals surface area contributed by atoms with Crippen LogP contribution in [0.1, 0.15) is 19.8 Å². The lowest BCUT2D eigenvalue weighted by atomic mass is 9.96. The van der Waals surface area contributed by atoms with Gasteiger partial charge in [0.25, 0.3) is 0 Å². The first-order valence-corrected chi connectivity index (χ1v) is 5.04. The zero-order valence-corrected chi connectivity index (χ0v) is 9.01. The molecule has 13 heavy (non-hydrogen) atoms. The van der Waals surface area contributed by atoms with Crippen molar-refractivity contribution in [1.82, 2.24) is 9.80 Å². The summed E-state index contributed by atoms with van der Waals surface area (Å²) in [5.41, 5.74) is 0. The minimum absolute atomic E-state index is 0.725. The molecule has 0 radical (unpaired) electrons. The molecule has 76 valence electrons. The largest absolute Gasteiger partial charge is 0.361 e. The number of piperidine rings is 1. The Balaban J connectivity index is 2.26. The van der Waals surface area contributed by atoms with Crippen molar-refractivity contribution in [2.75, 3.05) is 33.7 Å². The molecular weight excluding hydrogens is 162 g/mol. The highest BCUT2D eigenvalue weighted by atomic mass is 15.2. The predicted molar refractivity (Wildman–Crippen MR) is 56.3 cm³/mol. The summed E-state index contributed by atoms with van der Waals surface area (Å²) in [7, 11) is 4.27. The van der Waals surface area contributed by atoms with Crippen LogP contribution in [-0.4, -0.2) is 49.4 Å². The smallest absolute Gasteiger partial charge is 0.0925 e. The molecular formula is C10H21N3. The third-order valence-corrected chi connectivity index (χ3v) is 2.71. The lowest BCUT2D eigenvalue weighted by Gasteiger charge is -2.33. The van der Waals surface area contributed by atoms with Crippen molar-refractivity contribution in [1.29, 1.82) is 5.41 Å². The second kappa shape index (κ2) is 4.61. The molecule has 0 saturated carbocycles. The molecule has 0 spiro atoms. The van der Waals surface area contributed by atoms with E-state index in [2.05, 4.69) is 23.9 Å². The van der Waals surface area contributed by atoms with Gasteiger partial charge >= 0.3 is 0 Å². The summed E-state index contributed by atoms with van der Waals surface area (Å²) in [6.45, 7) is 5.23. The molecule has 1 rings (SSSR count). The van der Waals surface area contributed by atoms with Crippen LogP contribution in [0.3, 0.4) is 0 Å². The van der Waals surface area contributed by atoms with Gasteiger partial charge in [-0.25, -0.2) is 0 Å². The first kappa shape index (κ1) is 10.5. The van der Waals surface area contributed by atoms with Gasteiger partial charge in [-0.3, -0.25) is 5.41 Å². The van der Waals surface area contributed by atoms with E-state index in [1.165, 1.54) is 19.4 Å². The van der Waals surface area contributed by atoms with E-state index in [9.17, 15) is 0 Å². The van der Waals surface area contributed by atoms with Crippen LogP contribution < -0.4 is 0 Å². The van der Waals surface area contributed by atoms with E-state index in [1.54, 1.807) is 0 Å². The summed E-state index contributed by atoms with van der Waals surface area (Å²) >= 11 is 0. The monoisotopic (exact) mass is 183 g/mol. The van der Waals surface area contributed by atoms with Crippen molar-refractivity contribution in [3.63, 3.8) is 0 Å². The molecule has 0 unspecified atom stereocenters. The highest BCUT2D eigenvalue weighted by Gasteiger charge is 2.19. The number of nitrogens with zero attached hydrogens (tertiary/aromatic N) is 2. The summed E-state index contributed by atoms with van der Waals surface area (Å²) in [5, 5.41) is 7.51. The van der Waals surface area contributed by atoms with E-state index in [0.29, 0.717) is 0 Å². The van der Waals surface area contributed by atoms with Crippen LogP contribution in [0.4, 0.5) is 0 Å². The lowest BCUT2D eigenvalue weighted by Crippen LogP contribution is -2.39. The maximum Gasteiger partial charge on any atom is 0.0925 e. The van der Waals surface area contributed by atoms with Crippen molar-refractivity contribution in [2.45, 2.75) is 19.8 Å². The Bertz CT molecular complexity index is 169. The fraction of sp³-hybridized carbons (Fsp3) is 0.900. The Morgan fingerprint density at radius 1 is 1.38 bits per heavy atom. The quantitative estimate of drug-likeness (QED) is 0.516. The molecule has 0 bridgehead atoms. The van der Waals surface area contributed by atoms with Gasteiger partial charge in [0.05, 0.1) is 5.84 Å². The van der Waals surface area contributed by atoms with Crippen LogP contribution >= 0.6 is 0 Å². The standard InChI is InChI=1S/C10H21N3/c1-9(11)13-6-4-10(5-7-13)8-12(2)3/h10-11H,4-8H2,1-3H3. The summed E-state index contributed by atoms with van der Waals surface area (Å²) in [6.07, 6.45) is 2.49. The molecule has 0 aromatic carbocycles. The molecule has 1 fully saturated rings. The van der Waals surface area contributed by atoms with Gasteiger partial charge in [-0.2, -0.15) is 0 Å². The summed E-state index contributed by atoms with van der Waals surface area (Å²) < 4.78 is 0. The predicted octanol–water partition coefficient (Wildman–Crippen LogP) is 1.26. The molecule has 1 aliphatic heterocycles. The van der Waals surface area contributed by atoms with Gasteiger partial charge < -0.3 is 9.80 Å². The Hall–Kier alpha value is -0.570. The first-order valence-electron chi connectivity index (χ1n) is 5.04. The van der Waals surface area contributed by atoms with Crippen LogP contribution in [0.5, 0.6) is 0 Å². The maximum absolute atomic E-state index is 7.51. The van der Waals surface area contributed by atoms with Gasteiger partial charge in [-0.15, -0.1) is 0 Å². The van der Waals surface area contributed by atoms with Gasteiger partial charge in [0.15, 0.2) is 0 Å². The lowest BCUT2D eigenvalue weighted by molar-refractivity contribution is 0.218. The summed E-state index contributed by atoms with van der Waals surface area (Å²) in [5.74, 6) is 1.56. The zero-order valence-electron chi connectivity index (χ0n) is 9.01. The molecule has 0 aromatic rings. The van der Waals surface area contributed by atoms with Crippen molar-refractivity contribution < 1.29 is 0 Å². The molecule has 0 aliphatic carbocycles. The minimum atomic E-state index is 0.725. The molecule has 3 heteroatoms. The Labute approximate surface area is 81.2 Å². The molecule has 1 aliphatic rings. The van der Waals surface area contributed by atoms with Crippen LogP contribution in [-0.2, 0) is 0 Å². The fourth-order valence-electron chi connectivity index (χ4n) is 1.97. The fourth-order valence-corrected chi connectivity index (χ4v) is 1.97. The number of amidine groups is 1. The summed E-state index contributed by atoms with van der Waals surface area (Å²) in [4.78, 5) is 4.43. The Morgan fingerprint density at radius 3 is 2.31 bits per heavy atom. The number of rotatable bonds is 2. The Kier molecular flexibility index (Phi) is 3.72. The van der Waals surface area contributed by atoms with Crippen LogP contribution in [0.15, 0.2) is 0 Å². The molecule has 1 N–H and O–H groups in total. The van der Waals surface area contributed by atoms with Crippen LogP contribution in [0.25, 0.3) is 0 Å². The zero-order chi connectivity index (χ0) is 9.84. The van der Waals surface area contributed by atoms with E-state index in [1.807, 2.05) is 6.92 Å². The number of hydrogen-bond acceptors (Lipinski definition) is 2. The molecule has 0 amide bonds. The van der Waals surface area contributed by atoms with E-state index in [4.69, 9.17) is 5.41 Å². The second-order valence-electron chi connectivity index (χ2n) is 4.28. The third-order valence-electron chi connectivity index (χ3n) is 2.71. The average molecular weight is 183 g/mol. The highest BCUT2D eigenvalue weighted by Crippen LogP contribution is 2.17. The van der Waals surface area contributed by atoms with E-state index in [0.717, 1.165) is 24.8 Å². The number of nitrogens with one attached hydrogen (secondary N) is 1. The van der Waals surface area contributed by atoms with Gasteiger partial charge in [-0.1, -0.05) is 0 Å². The minimum Gasteiger partial charge on any atom is -0.361 e. The van der Waals surface area contributed by atoms with Crippen LogP contribution in [0, 0.1) is 11.3 Å². The Morgan fingerprint density at radius 2 is 1.92 bits per heavy atom. The van der Waals surface area contributed by atoms with Gasteiger partial charge in [0.1, 0.15) is 0 Å². The number of hydrogen-bond donors (Lipinski definition) is 1. The van der Waals surface area contributed by atoms with E-state index >= 15 is 0 Å². The van der Waals surface area contributed by atoms with Crippen molar-refractivity contribution in [2.24, 2.45) is 5.92 Å². The van der Waals surface area contributed by atoms with Crippen molar-refractivity contribution >= 4 is 5.84 Å². The first-order chi connectivity index (χ1) is 6.09. The van der Waals surface area contributed by atoms with E-state index in [-0.39, 0.29) is 0 Å². The number of likely N-dealkylation sites (tertiary alicyclic amines) is 1. The van der Waals surface area contributed by atoms with Crippen molar-refractivity contribution in [3.05, 3.63) is 0 Å². The molecule has 1 heterocycles. The topological polar surface area (TPSA) is 30.3 Å². The van der Waals surface area contributed by atoms with Gasteiger partial charge in [0, 0.05) is 19.6 Å².